The largest absolute Gasteiger partial charge is 0.381 e. The zero-order valence-corrected chi connectivity index (χ0v) is 20.7. The Morgan fingerprint density at radius 3 is 2.38 bits per heavy atom. The summed E-state index contributed by atoms with van der Waals surface area (Å²) in [5.41, 5.74) is 0.715. The molecule has 1 unspecified atom stereocenters. The van der Waals surface area contributed by atoms with E-state index in [1.807, 2.05) is 44.2 Å². The molecular formula is C26H32N6O5. The molecule has 0 saturated carbocycles. The van der Waals surface area contributed by atoms with Gasteiger partial charge in [0.05, 0.1) is 6.04 Å². The zero-order chi connectivity index (χ0) is 26.8. The highest BCUT2D eigenvalue weighted by Gasteiger charge is 2.32. The van der Waals surface area contributed by atoms with Crippen LogP contribution < -0.4 is 21.5 Å². The smallest absolute Gasteiger partial charge is 0.287 e. The molecule has 2 heterocycles. The van der Waals surface area contributed by atoms with Crippen molar-refractivity contribution < 1.29 is 19.5 Å². The van der Waals surface area contributed by atoms with E-state index in [2.05, 4.69) is 30.9 Å². The minimum Gasteiger partial charge on any atom is -0.381 e. The number of pyridine rings is 1. The van der Waals surface area contributed by atoms with E-state index >= 15 is 0 Å². The van der Waals surface area contributed by atoms with E-state index < -0.39 is 41.5 Å². The number of hydrogen-bond donors (Lipinski definition) is 6. The van der Waals surface area contributed by atoms with Gasteiger partial charge in [0.25, 0.3) is 17.4 Å². The molecule has 0 spiro atoms. The first-order valence-electron chi connectivity index (χ1n) is 12.0. The van der Waals surface area contributed by atoms with Gasteiger partial charge >= 0.3 is 0 Å². The first kappa shape index (κ1) is 27.3. The fraction of sp³-hybridized carbons (Fsp3) is 0.346. The molecule has 11 heteroatoms. The summed E-state index contributed by atoms with van der Waals surface area (Å²) in [5, 5.41) is 18.9. The van der Waals surface area contributed by atoms with Crippen molar-refractivity contribution in [2.45, 2.75) is 51.4 Å². The lowest BCUT2D eigenvalue weighted by Gasteiger charge is -2.27. The lowest BCUT2D eigenvalue weighted by molar-refractivity contribution is -0.132. The lowest BCUT2D eigenvalue weighted by atomic mass is 9.99. The highest BCUT2D eigenvalue weighted by Crippen LogP contribution is 2.09. The first-order valence-corrected chi connectivity index (χ1v) is 12.0. The van der Waals surface area contributed by atoms with Crippen LogP contribution in [0.4, 0.5) is 0 Å². The van der Waals surface area contributed by atoms with Gasteiger partial charge in [0.1, 0.15) is 6.04 Å². The standard InChI is InChI=1S/C26H32N6O5/c1-16(2)13-20(32-26(37)22-27-11-12-28-22)24(35)31-19(14-18-9-6-10-29-23(18)34)21(33)25(36)30-15-17-7-4-3-5-8-17/h3-12,16,19-21,33H,13-15H2,1-2H3,(H,27,28)(H,29,34)(H,30,36)(H,31,35)(H,32,37)/t19-,20-,21?/m0/s1. The van der Waals surface area contributed by atoms with Crippen molar-refractivity contribution in [1.82, 2.24) is 30.9 Å². The van der Waals surface area contributed by atoms with Crippen LogP contribution in [0.2, 0.25) is 0 Å². The van der Waals surface area contributed by atoms with Crippen molar-refractivity contribution in [2.75, 3.05) is 0 Å². The molecule has 0 saturated heterocycles. The van der Waals surface area contributed by atoms with E-state index in [4.69, 9.17) is 0 Å². The first-order chi connectivity index (χ1) is 17.7. The second-order valence-electron chi connectivity index (χ2n) is 9.09. The van der Waals surface area contributed by atoms with Crippen LogP contribution in [0, 0.1) is 5.92 Å². The average molecular weight is 509 g/mol. The summed E-state index contributed by atoms with van der Waals surface area (Å²) in [5.74, 6) is -1.78. The predicted octanol–water partition coefficient (Wildman–Crippen LogP) is 0.647. The molecule has 6 N–H and O–H groups in total. The second kappa shape index (κ2) is 13.2. The van der Waals surface area contributed by atoms with Crippen LogP contribution in [0.3, 0.4) is 0 Å². The van der Waals surface area contributed by atoms with Crippen molar-refractivity contribution in [2.24, 2.45) is 5.92 Å². The van der Waals surface area contributed by atoms with Crippen molar-refractivity contribution in [3.05, 3.63) is 88.4 Å². The van der Waals surface area contributed by atoms with E-state index in [0.29, 0.717) is 6.42 Å². The number of aromatic amines is 2. The number of aliphatic hydroxyl groups excluding tert-OH is 1. The molecule has 0 bridgehead atoms. The molecule has 0 aliphatic carbocycles. The molecule has 3 aromatic rings. The Morgan fingerprint density at radius 1 is 0.973 bits per heavy atom. The number of rotatable bonds is 12. The summed E-state index contributed by atoms with van der Waals surface area (Å²) in [6, 6.07) is 10.2. The molecule has 0 radical (unpaired) electrons. The van der Waals surface area contributed by atoms with E-state index in [1.54, 1.807) is 12.1 Å². The Balaban J connectivity index is 1.77. The van der Waals surface area contributed by atoms with Gasteiger partial charge in [0.15, 0.2) is 11.9 Å². The van der Waals surface area contributed by atoms with Crippen LogP contribution in [-0.4, -0.2) is 56.0 Å². The van der Waals surface area contributed by atoms with Gasteiger partial charge in [0, 0.05) is 37.1 Å². The van der Waals surface area contributed by atoms with Crippen LogP contribution in [0.5, 0.6) is 0 Å². The summed E-state index contributed by atoms with van der Waals surface area (Å²) in [6.45, 7) is 3.97. The van der Waals surface area contributed by atoms with E-state index in [-0.39, 0.29) is 30.3 Å². The molecule has 11 nitrogen and oxygen atoms in total. The normalized spacial score (nSPS) is 13.4. The maximum absolute atomic E-state index is 13.3. The number of imidazole rings is 1. The topological polar surface area (TPSA) is 169 Å². The average Bonchev–Trinajstić information content (AvgIpc) is 3.43. The van der Waals surface area contributed by atoms with Gasteiger partial charge < -0.3 is 31.0 Å². The third kappa shape index (κ3) is 8.14. The zero-order valence-electron chi connectivity index (χ0n) is 20.7. The molecule has 196 valence electrons. The number of carbonyl (C=O) groups is 3. The van der Waals surface area contributed by atoms with Gasteiger partial charge in [-0.15, -0.1) is 0 Å². The SMILES string of the molecule is CC(C)C[C@H](NC(=O)c1ncc[nH]1)C(=O)N[C@@H](Cc1ccc[nH]c1=O)C(O)C(=O)NCc1ccccc1. The maximum Gasteiger partial charge on any atom is 0.287 e. The highest BCUT2D eigenvalue weighted by atomic mass is 16.3. The van der Waals surface area contributed by atoms with Crippen LogP contribution >= 0.6 is 0 Å². The number of nitrogens with one attached hydrogen (secondary N) is 5. The van der Waals surface area contributed by atoms with Gasteiger partial charge in [-0.2, -0.15) is 0 Å². The third-order valence-corrected chi connectivity index (χ3v) is 5.67. The van der Waals surface area contributed by atoms with Crippen molar-refractivity contribution in [3.8, 4) is 0 Å². The van der Waals surface area contributed by atoms with Gasteiger partial charge in [-0.1, -0.05) is 50.2 Å². The maximum atomic E-state index is 13.3. The summed E-state index contributed by atoms with van der Waals surface area (Å²) < 4.78 is 0. The van der Waals surface area contributed by atoms with Crippen molar-refractivity contribution in [1.29, 1.82) is 0 Å². The number of H-pyrrole nitrogens is 2. The minimum absolute atomic E-state index is 0.0437. The molecule has 3 atom stereocenters. The molecular weight excluding hydrogens is 476 g/mol. The monoisotopic (exact) mass is 508 g/mol. The Morgan fingerprint density at radius 2 is 1.73 bits per heavy atom. The summed E-state index contributed by atoms with van der Waals surface area (Å²) in [7, 11) is 0. The fourth-order valence-corrected chi connectivity index (χ4v) is 3.77. The van der Waals surface area contributed by atoms with Crippen LogP contribution in [-0.2, 0) is 22.6 Å². The van der Waals surface area contributed by atoms with Gasteiger partial charge in [-0.3, -0.25) is 19.2 Å². The van der Waals surface area contributed by atoms with Crippen LogP contribution in [0.15, 0.2) is 65.8 Å². The van der Waals surface area contributed by atoms with Gasteiger partial charge in [-0.05, 0) is 24.0 Å². The second-order valence-corrected chi connectivity index (χ2v) is 9.09. The van der Waals surface area contributed by atoms with Crippen molar-refractivity contribution in [3.63, 3.8) is 0 Å². The highest BCUT2D eigenvalue weighted by molar-refractivity contribution is 5.95. The Kier molecular flexibility index (Phi) is 9.73. The number of hydrogen-bond acceptors (Lipinski definition) is 6. The molecule has 3 amide bonds. The molecule has 2 aromatic heterocycles. The third-order valence-electron chi connectivity index (χ3n) is 5.67. The molecule has 0 aliphatic heterocycles. The quantitative estimate of drug-likeness (QED) is 0.210. The molecule has 0 fully saturated rings. The van der Waals surface area contributed by atoms with Gasteiger partial charge in [-0.25, -0.2) is 4.98 Å². The van der Waals surface area contributed by atoms with Gasteiger partial charge in [0.2, 0.25) is 5.91 Å². The summed E-state index contributed by atoms with van der Waals surface area (Å²) in [6.07, 6.45) is 2.91. The lowest BCUT2D eigenvalue weighted by Crippen LogP contribution is -2.56. The molecule has 1 aromatic carbocycles. The fourth-order valence-electron chi connectivity index (χ4n) is 3.77. The van der Waals surface area contributed by atoms with E-state index in [0.717, 1.165) is 5.56 Å². The number of amides is 3. The Bertz CT molecular complexity index is 1230. The van der Waals surface area contributed by atoms with E-state index in [9.17, 15) is 24.3 Å². The van der Waals surface area contributed by atoms with Crippen molar-refractivity contribution >= 4 is 17.7 Å². The predicted molar refractivity (Wildman–Crippen MR) is 136 cm³/mol. The summed E-state index contributed by atoms with van der Waals surface area (Å²) in [4.78, 5) is 60.1. The molecule has 37 heavy (non-hydrogen) atoms. The molecule has 3 rings (SSSR count). The Hall–Kier alpha value is -4.25. The number of carbonyl (C=O) groups excluding carboxylic acids is 3. The number of benzene rings is 1. The molecule has 0 aliphatic rings. The number of aliphatic hydroxyl groups is 1. The summed E-state index contributed by atoms with van der Waals surface area (Å²) >= 11 is 0. The number of nitrogens with zero attached hydrogens (tertiary/aromatic N) is 1. The Labute approximate surface area is 214 Å². The van der Waals surface area contributed by atoms with Crippen LogP contribution in [0.1, 0.15) is 42.0 Å². The van der Waals surface area contributed by atoms with E-state index in [1.165, 1.54) is 18.6 Å². The minimum atomic E-state index is -1.66. The van der Waals surface area contributed by atoms with Crippen LogP contribution in [0.25, 0.3) is 0 Å². The number of aromatic nitrogens is 3.